The van der Waals surface area contributed by atoms with Gasteiger partial charge in [-0.2, -0.15) is 4.39 Å². The summed E-state index contributed by atoms with van der Waals surface area (Å²) in [5.74, 6) is -1.34. The molecule has 0 unspecified atom stereocenters. The quantitative estimate of drug-likeness (QED) is 0.734. The lowest BCUT2D eigenvalue weighted by Crippen LogP contribution is -2.31. The molecule has 0 atom stereocenters. The molecule has 1 aromatic rings. The minimum Gasteiger partial charge on any atom is -0.356 e. The molecular formula is C11H14FN3O2. The van der Waals surface area contributed by atoms with Gasteiger partial charge in [0, 0.05) is 19.5 Å². The number of aromatic nitrogens is 1. The number of nitrogens with one attached hydrogen (secondary N) is 2. The smallest absolute Gasteiger partial charge is 0.270 e. The van der Waals surface area contributed by atoms with Crippen LogP contribution in [0, 0.1) is 5.95 Å². The molecule has 0 spiro atoms. The highest BCUT2D eigenvalue weighted by molar-refractivity contribution is 5.92. The summed E-state index contributed by atoms with van der Waals surface area (Å²) in [7, 11) is 0. The van der Waals surface area contributed by atoms with E-state index in [-0.39, 0.29) is 24.6 Å². The molecule has 6 heteroatoms. The van der Waals surface area contributed by atoms with Crippen LogP contribution in [-0.4, -0.2) is 29.9 Å². The summed E-state index contributed by atoms with van der Waals surface area (Å²) in [6, 6.07) is 3.97. The molecule has 1 aromatic heterocycles. The second kappa shape index (κ2) is 6.57. The minimum absolute atomic E-state index is 0.000833. The monoisotopic (exact) mass is 239 g/mol. The van der Waals surface area contributed by atoms with E-state index in [4.69, 9.17) is 0 Å². The number of hydrogen-bond acceptors (Lipinski definition) is 3. The Bertz CT molecular complexity index is 409. The normalized spacial score (nSPS) is 9.76. The van der Waals surface area contributed by atoms with Crippen LogP contribution in [0.1, 0.15) is 23.8 Å². The maximum Gasteiger partial charge on any atom is 0.270 e. The van der Waals surface area contributed by atoms with E-state index in [1.54, 1.807) is 0 Å². The van der Waals surface area contributed by atoms with Crippen molar-refractivity contribution in [1.82, 2.24) is 15.6 Å². The fraction of sp³-hybridized carbons (Fsp3) is 0.364. The lowest BCUT2D eigenvalue weighted by atomic mass is 10.3. The number of carbonyl (C=O) groups is 2. The van der Waals surface area contributed by atoms with Crippen LogP contribution in [0.5, 0.6) is 0 Å². The van der Waals surface area contributed by atoms with E-state index < -0.39 is 11.9 Å². The molecule has 17 heavy (non-hydrogen) atoms. The zero-order chi connectivity index (χ0) is 12.7. The Morgan fingerprint density at radius 1 is 1.35 bits per heavy atom. The molecule has 0 saturated carbocycles. The summed E-state index contributed by atoms with van der Waals surface area (Å²) < 4.78 is 12.7. The Kier molecular flexibility index (Phi) is 5.06. The van der Waals surface area contributed by atoms with E-state index in [9.17, 15) is 14.0 Å². The Morgan fingerprint density at radius 3 is 2.76 bits per heavy atom. The van der Waals surface area contributed by atoms with E-state index in [0.717, 1.165) is 6.07 Å². The maximum absolute atomic E-state index is 12.7. The van der Waals surface area contributed by atoms with Crippen molar-refractivity contribution in [1.29, 1.82) is 0 Å². The number of nitrogens with zero attached hydrogens (tertiary/aromatic N) is 1. The number of amides is 2. The van der Waals surface area contributed by atoms with Crippen LogP contribution < -0.4 is 10.6 Å². The van der Waals surface area contributed by atoms with Gasteiger partial charge in [0.25, 0.3) is 5.91 Å². The predicted octanol–water partition coefficient (Wildman–Crippen LogP) is 0.477. The number of hydrogen-bond donors (Lipinski definition) is 2. The molecule has 2 amide bonds. The van der Waals surface area contributed by atoms with Crippen molar-refractivity contribution in [2.24, 2.45) is 0 Å². The van der Waals surface area contributed by atoms with Gasteiger partial charge in [0.15, 0.2) is 0 Å². The highest BCUT2D eigenvalue weighted by atomic mass is 19.1. The molecule has 2 N–H and O–H groups in total. The molecule has 0 bridgehead atoms. The fourth-order valence-corrected chi connectivity index (χ4v) is 1.20. The van der Waals surface area contributed by atoms with Gasteiger partial charge in [0.1, 0.15) is 5.69 Å². The minimum atomic E-state index is -0.707. The van der Waals surface area contributed by atoms with Crippen LogP contribution >= 0.6 is 0 Å². The topological polar surface area (TPSA) is 71.1 Å². The van der Waals surface area contributed by atoms with Gasteiger partial charge in [-0.1, -0.05) is 6.07 Å². The molecule has 0 aliphatic carbocycles. The van der Waals surface area contributed by atoms with Gasteiger partial charge < -0.3 is 10.6 Å². The fourth-order valence-electron chi connectivity index (χ4n) is 1.20. The van der Waals surface area contributed by atoms with E-state index in [1.807, 2.05) is 6.92 Å². The summed E-state index contributed by atoms with van der Waals surface area (Å²) in [4.78, 5) is 26.0. The Morgan fingerprint density at radius 2 is 2.12 bits per heavy atom. The van der Waals surface area contributed by atoms with Crippen molar-refractivity contribution in [3.63, 3.8) is 0 Å². The van der Waals surface area contributed by atoms with Crippen molar-refractivity contribution in [3.05, 3.63) is 29.8 Å². The highest BCUT2D eigenvalue weighted by Gasteiger charge is 2.08. The van der Waals surface area contributed by atoms with Gasteiger partial charge in [0.2, 0.25) is 11.9 Å². The van der Waals surface area contributed by atoms with Crippen LogP contribution in [-0.2, 0) is 4.79 Å². The molecule has 0 fully saturated rings. The van der Waals surface area contributed by atoms with Crippen LogP contribution in [0.15, 0.2) is 18.2 Å². The first kappa shape index (κ1) is 13.1. The summed E-state index contributed by atoms with van der Waals surface area (Å²) in [6.45, 7) is 2.56. The third-order valence-corrected chi connectivity index (χ3v) is 1.96. The molecule has 5 nitrogen and oxygen atoms in total. The standard InChI is InChI=1S/C11H14FN3O2/c1-2-13-10(16)6-7-14-11(17)8-4-3-5-9(12)15-8/h3-5H,2,6-7H2,1H3,(H,13,16)(H,14,17). The zero-order valence-corrected chi connectivity index (χ0v) is 9.50. The molecule has 0 aliphatic heterocycles. The number of pyridine rings is 1. The van der Waals surface area contributed by atoms with Crippen LogP contribution in [0.3, 0.4) is 0 Å². The largest absolute Gasteiger partial charge is 0.356 e. The summed E-state index contributed by atoms with van der Waals surface area (Å²) in [6.07, 6.45) is 0.189. The average molecular weight is 239 g/mol. The Balaban J connectivity index is 2.38. The molecule has 0 aliphatic rings. The van der Waals surface area contributed by atoms with Gasteiger partial charge in [-0.05, 0) is 19.1 Å². The van der Waals surface area contributed by atoms with Crippen molar-refractivity contribution < 1.29 is 14.0 Å². The van der Waals surface area contributed by atoms with Gasteiger partial charge in [-0.25, -0.2) is 4.98 Å². The van der Waals surface area contributed by atoms with Crippen LogP contribution in [0.2, 0.25) is 0 Å². The van der Waals surface area contributed by atoms with Crippen molar-refractivity contribution in [2.75, 3.05) is 13.1 Å². The average Bonchev–Trinajstić information content (AvgIpc) is 2.29. The zero-order valence-electron chi connectivity index (χ0n) is 9.50. The lowest BCUT2D eigenvalue weighted by molar-refractivity contribution is -0.120. The summed E-state index contributed by atoms with van der Waals surface area (Å²) in [5, 5.41) is 5.09. The van der Waals surface area contributed by atoms with Crippen molar-refractivity contribution >= 4 is 11.8 Å². The molecule has 0 radical (unpaired) electrons. The van der Waals surface area contributed by atoms with Gasteiger partial charge in [-0.15, -0.1) is 0 Å². The lowest BCUT2D eigenvalue weighted by Gasteiger charge is -2.04. The van der Waals surface area contributed by atoms with Crippen molar-refractivity contribution in [2.45, 2.75) is 13.3 Å². The first-order valence-corrected chi connectivity index (χ1v) is 5.31. The first-order valence-electron chi connectivity index (χ1n) is 5.31. The third kappa shape index (κ3) is 4.58. The number of rotatable bonds is 5. The third-order valence-electron chi connectivity index (χ3n) is 1.96. The van der Waals surface area contributed by atoms with E-state index >= 15 is 0 Å². The number of carbonyl (C=O) groups excluding carboxylic acids is 2. The predicted molar refractivity (Wildman–Crippen MR) is 59.8 cm³/mol. The highest BCUT2D eigenvalue weighted by Crippen LogP contribution is 1.97. The Labute approximate surface area is 98.4 Å². The van der Waals surface area contributed by atoms with Crippen LogP contribution in [0.4, 0.5) is 4.39 Å². The molecule has 1 heterocycles. The second-order valence-corrected chi connectivity index (χ2v) is 3.30. The first-order chi connectivity index (χ1) is 8.13. The molecule has 1 rings (SSSR count). The van der Waals surface area contributed by atoms with E-state index in [0.29, 0.717) is 6.54 Å². The van der Waals surface area contributed by atoms with Gasteiger partial charge in [0.05, 0.1) is 0 Å². The number of halogens is 1. The second-order valence-electron chi connectivity index (χ2n) is 3.30. The molecule has 92 valence electrons. The molecule has 0 aromatic carbocycles. The van der Waals surface area contributed by atoms with E-state index in [1.165, 1.54) is 12.1 Å². The van der Waals surface area contributed by atoms with Crippen LogP contribution in [0.25, 0.3) is 0 Å². The maximum atomic E-state index is 12.7. The van der Waals surface area contributed by atoms with Gasteiger partial charge in [-0.3, -0.25) is 9.59 Å². The summed E-state index contributed by atoms with van der Waals surface area (Å²) in [5.41, 5.74) is 0.000833. The molecular weight excluding hydrogens is 225 g/mol. The molecule has 0 saturated heterocycles. The SMILES string of the molecule is CCNC(=O)CCNC(=O)c1cccc(F)n1. The van der Waals surface area contributed by atoms with Gasteiger partial charge >= 0.3 is 0 Å². The Hall–Kier alpha value is -1.98. The van der Waals surface area contributed by atoms with Crippen molar-refractivity contribution in [3.8, 4) is 0 Å². The van der Waals surface area contributed by atoms with E-state index in [2.05, 4.69) is 15.6 Å². The summed E-state index contributed by atoms with van der Waals surface area (Å²) >= 11 is 0.